The van der Waals surface area contributed by atoms with Crippen LogP contribution < -0.4 is 0 Å². The predicted octanol–water partition coefficient (Wildman–Crippen LogP) is 2.64. The van der Waals surface area contributed by atoms with Crippen molar-refractivity contribution >= 4 is 12.2 Å². The maximum Gasteiger partial charge on any atom is 0.130 e. The second-order valence-corrected chi connectivity index (χ2v) is 5.60. The van der Waals surface area contributed by atoms with Gasteiger partial charge in [-0.1, -0.05) is 33.0 Å². The van der Waals surface area contributed by atoms with E-state index in [4.69, 9.17) is 21.7 Å². The molecule has 0 atom stereocenters. The first-order chi connectivity index (χ1) is 8.43. The van der Waals surface area contributed by atoms with E-state index in [2.05, 4.69) is 30.7 Å². The molecule has 1 rings (SSSR count). The third-order valence-electron chi connectivity index (χ3n) is 2.51. The van der Waals surface area contributed by atoms with E-state index in [0.29, 0.717) is 24.5 Å². The number of hydrogen-bond donors (Lipinski definition) is 1. The number of rotatable bonds is 6. The molecule has 0 saturated heterocycles. The zero-order valence-corrected chi connectivity index (χ0v) is 12.4. The summed E-state index contributed by atoms with van der Waals surface area (Å²) in [5, 5.41) is 0. The lowest BCUT2D eigenvalue weighted by Crippen LogP contribution is -2.16. The molecule has 0 bridgehead atoms. The molecule has 0 aliphatic rings. The molecule has 18 heavy (non-hydrogen) atoms. The molecule has 0 aliphatic carbocycles. The molecule has 4 nitrogen and oxygen atoms in total. The van der Waals surface area contributed by atoms with Gasteiger partial charge >= 0.3 is 0 Å². The zero-order chi connectivity index (χ0) is 13.6. The molecule has 0 aliphatic heterocycles. The van der Waals surface area contributed by atoms with E-state index < -0.39 is 0 Å². The van der Waals surface area contributed by atoms with Crippen LogP contribution in [0.3, 0.4) is 0 Å². The van der Waals surface area contributed by atoms with E-state index in [9.17, 15) is 0 Å². The van der Waals surface area contributed by atoms with Crippen molar-refractivity contribution in [2.45, 2.75) is 32.6 Å². The summed E-state index contributed by atoms with van der Waals surface area (Å²) in [7, 11) is 1.66. The minimum Gasteiger partial charge on any atom is -0.382 e. The predicted molar refractivity (Wildman–Crippen MR) is 74.5 cm³/mol. The summed E-state index contributed by atoms with van der Waals surface area (Å²) in [5.41, 5.74) is 1.15. The van der Waals surface area contributed by atoms with Crippen LogP contribution in [0.2, 0.25) is 0 Å². The van der Waals surface area contributed by atoms with Crippen LogP contribution in [-0.4, -0.2) is 36.9 Å². The lowest BCUT2D eigenvalue weighted by Gasteiger charge is -2.19. The molecular weight excluding hydrogens is 248 g/mol. The first-order valence-corrected chi connectivity index (χ1v) is 6.51. The Balaban J connectivity index is 2.61. The Labute approximate surface area is 114 Å². The van der Waals surface area contributed by atoms with Gasteiger partial charge in [0.05, 0.1) is 19.8 Å². The summed E-state index contributed by atoms with van der Waals surface area (Å²) in [6.45, 7) is 8.28. The van der Waals surface area contributed by atoms with E-state index in [1.807, 2.05) is 6.07 Å². The van der Waals surface area contributed by atoms with Crippen molar-refractivity contribution in [2.75, 3.05) is 26.9 Å². The third-order valence-corrected chi connectivity index (χ3v) is 2.72. The van der Waals surface area contributed by atoms with Crippen molar-refractivity contribution in [3.8, 4) is 0 Å². The molecule has 0 amide bonds. The fraction of sp³-hybridized carbons (Fsp3) is 0.692. The van der Waals surface area contributed by atoms with Crippen molar-refractivity contribution in [3.05, 3.63) is 22.2 Å². The largest absolute Gasteiger partial charge is 0.382 e. The summed E-state index contributed by atoms with van der Waals surface area (Å²) < 4.78 is 11.0. The molecule has 1 heterocycles. The van der Waals surface area contributed by atoms with Gasteiger partial charge in [0.15, 0.2) is 0 Å². The molecule has 1 aromatic rings. The van der Waals surface area contributed by atoms with Crippen LogP contribution in [0, 0.1) is 4.64 Å². The number of aromatic amines is 1. The van der Waals surface area contributed by atoms with E-state index in [-0.39, 0.29) is 5.41 Å². The van der Waals surface area contributed by atoms with Crippen LogP contribution in [-0.2, 0) is 21.3 Å². The Morgan fingerprint density at radius 2 is 2.00 bits per heavy atom. The highest BCUT2D eigenvalue weighted by Crippen LogP contribution is 2.19. The molecule has 0 unspecified atom stereocenters. The van der Waals surface area contributed by atoms with Crippen molar-refractivity contribution < 1.29 is 9.47 Å². The number of nitrogens with zero attached hydrogens (tertiary/aromatic N) is 1. The van der Waals surface area contributed by atoms with Gasteiger partial charge in [-0.05, 0) is 6.07 Å². The van der Waals surface area contributed by atoms with Crippen LogP contribution in [0.5, 0.6) is 0 Å². The van der Waals surface area contributed by atoms with Crippen LogP contribution in [0.15, 0.2) is 6.07 Å². The summed E-state index contributed by atoms with van der Waals surface area (Å²) in [4.78, 5) is 7.64. The van der Waals surface area contributed by atoms with Crippen LogP contribution in [0.1, 0.15) is 32.3 Å². The van der Waals surface area contributed by atoms with E-state index in [1.165, 1.54) is 0 Å². The number of nitrogens with one attached hydrogen (secondary N) is 1. The van der Waals surface area contributed by atoms with Gasteiger partial charge in [-0.25, -0.2) is 4.98 Å². The van der Waals surface area contributed by atoms with Crippen molar-refractivity contribution in [1.82, 2.24) is 9.97 Å². The average Bonchev–Trinajstić information content (AvgIpc) is 2.27. The Hall–Kier alpha value is -0.780. The van der Waals surface area contributed by atoms with Gasteiger partial charge in [-0.2, -0.15) is 0 Å². The van der Waals surface area contributed by atoms with Crippen molar-refractivity contribution in [3.63, 3.8) is 0 Å². The maximum absolute atomic E-state index is 5.42. The van der Waals surface area contributed by atoms with E-state index in [0.717, 1.165) is 17.9 Å². The second kappa shape index (κ2) is 6.97. The van der Waals surface area contributed by atoms with Crippen molar-refractivity contribution in [2.24, 2.45) is 0 Å². The van der Waals surface area contributed by atoms with Gasteiger partial charge in [0.2, 0.25) is 0 Å². The summed E-state index contributed by atoms with van der Waals surface area (Å²) in [5.74, 6) is 0.879. The smallest absolute Gasteiger partial charge is 0.130 e. The summed E-state index contributed by atoms with van der Waals surface area (Å²) in [6.07, 6.45) is 0.733. The number of H-pyrrole nitrogens is 1. The fourth-order valence-electron chi connectivity index (χ4n) is 1.44. The lowest BCUT2D eigenvalue weighted by atomic mass is 9.92. The molecule has 0 spiro atoms. The molecule has 0 radical (unpaired) electrons. The van der Waals surface area contributed by atoms with Gasteiger partial charge in [0.1, 0.15) is 10.5 Å². The molecule has 0 fully saturated rings. The second-order valence-electron chi connectivity index (χ2n) is 5.18. The number of aromatic nitrogens is 2. The fourth-order valence-corrected chi connectivity index (χ4v) is 1.67. The van der Waals surface area contributed by atoms with Gasteiger partial charge < -0.3 is 14.5 Å². The molecule has 1 aromatic heterocycles. The van der Waals surface area contributed by atoms with E-state index >= 15 is 0 Å². The van der Waals surface area contributed by atoms with Crippen molar-refractivity contribution in [1.29, 1.82) is 0 Å². The SMILES string of the molecule is COCCOCCc1nc(=S)cc(C(C)(C)C)[nH]1. The van der Waals surface area contributed by atoms with Crippen LogP contribution >= 0.6 is 12.2 Å². The maximum atomic E-state index is 5.42. The first kappa shape index (κ1) is 15.3. The minimum atomic E-state index is 0.0438. The third kappa shape index (κ3) is 5.25. The van der Waals surface area contributed by atoms with Crippen LogP contribution in [0.4, 0.5) is 0 Å². The average molecular weight is 270 g/mol. The van der Waals surface area contributed by atoms with Gasteiger partial charge in [0, 0.05) is 24.6 Å². The molecule has 0 saturated carbocycles. The normalized spacial score (nSPS) is 11.8. The molecule has 1 N–H and O–H groups in total. The highest BCUT2D eigenvalue weighted by Gasteiger charge is 2.15. The summed E-state index contributed by atoms with van der Waals surface area (Å²) >= 11 is 5.18. The molecular formula is C13H22N2O2S. The van der Waals surface area contributed by atoms with Gasteiger partial charge in [-0.15, -0.1) is 0 Å². The Morgan fingerprint density at radius 1 is 1.28 bits per heavy atom. The van der Waals surface area contributed by atoms with Crippen LogP contribution in [0.25, 0.3) is 0 Å². The quantitative estimate of drug-likeness (QED) is 0.637. The number of methoxy groups -OCH3 is 1. The monoisotopic (exact) mass is 270 g/mol. The van der Waals surface area contributed by atoms with Gasteiger partial charge in [0.25, 0.3) is 0 Å². The molecule has 5 heteroatoms. The van der Waals surface area contributed by atoms with E-state index in [1.54, 1.807) is 7.11 Å². The Kier molecular flexibility index (Phi) is 5.91. The zero-order valence-electron chi connectivity index (χ0n) is 11.6. The minimum absolute atomic E-state index is 0.0438. The molecule has 102 valence electrons. The Bertz CT molecular complexity index is 424. The lowest BCUT2D eigenvalue weighted by molar-refractivity contribution is 0.0716. The summed E-state index contributed by atoms with van der Waals surface area (Å²) in [6, 6.07) is 1.92. The number of ether oxygens (including phenoxy) is 2. The Morgan fingerprint density at radius 3 is 2.61 bits per heavy atom. The standard InChI is InChI=1S/C13H22N2O2S/c1-13(2,3)10-9-12(18)15-11(14-10)5-6-17-8-7-16-4/h9H,5-8H2,1-4H3,(H,14,15,18). The number of hydrogen-bond acceptors (Lipinski definition) is 4. The highest BCUT2D eigenvalue weighted by molar-refractivity contribution is 7.71. The highest BCUT2D eigenvalue weighted by atomic mass is 32.1. The van der Waals surface area contributed by atoms with Gasteiger partial charge in [-0.3, -0.25) is 0 Å². The molecule has 0 aromatic carbocycles. The topological polar surface area (TPSA) is 47.1 Å². The first-order valence-electron chi connectivity index (χ1n) is 6.11.